The third-order valence-electron chi connectivity index (χ3n) is 10.9. The van der Waals surface area contributed by atoms with Crippen molar-refractivity contribution in [1.82, 2.24) is 0 Å². The van der Waals surface area contributed by atoms with Gasteiger partial charge in [-0.25, -0.2) is 0 Å². The van der Waals surface area contributed by atoms with Crippen LogP contribution in [0.4, 0.5) is 0 Å². The van der Waals surface area contributed by atoms with Gasteiger partial charge in [-0.15, -0.1) is 0 Å². The van der Waals surface area contributed by atoms with Gasteiger partial charge in [0.25, 0.3) is 0 Å². The van der Waals surface area contributed by atoms with Gasteiger partial charge >= 0.3 is 0 Å². The van der Waals surface area contributed by atoms with E-state index in [9.17, 15) is 9.59 Å². The van der Waals surface area contributed by atoms with Crippen molar-refractivity contribution in [1.29, 1.82) is 0 Å². The molecule has 2 heteroatoms. The van der Waals surface area contributed by atoms with Crippen LogP contribution in [0.25, 0.3) is 55.7 Å². The van der Waals surface area contributed by atoms with E-state index in [0.29, 0.717) is 0 Å². The number of rotatable bonds is 6. The summed E-state index contributed by atoms with van der Waals surface area (Å²) in [6, 6.07) is 77.4. The van der Waals surface area contributed by atoms with Gasteiger partial charge in [-0.2, -0.15) is 0 Å². The summed E-state index contributed by atoms with van der Waals surface area (Å²) in [4.78, 5) is 25.6. The monoisotopic (exact) mass is 768 g/mol. The van der Waals surface area contributed by atoms with Gasteiger partial charge in [0.2, 0.25) is 0 Å². The first-order chi connectivity index (χ1) is 29.7. The van der Waals surface area contributed by atoms with Crippen molar-refractivity contribution in [3.63, 3.8) is 0 Å². The van der Waals surface area contributed by atoms with Crippen LogP contribution in [0.1, 0.15) is 33.4 Å². The topological polar surface area (TPSA) is 34.1 Å². The van der Waals surface area contributed by atoms with Gasteiger partial charge in [0, 0.05) is 22.3 Å². The Morgan fingerprint density at radius 3 is 0.650 bits per heavy atom. The summed E-state index contributed by atoms with van der Waals surface area (Å²) < 4.78 is 0. The number of carbonyl (C=O) groups is 2. The molecule has 8 aromatic carbocycles. The molecule has 0 radical (unpaired) electrons. The Labute approximate surface area is 351 Å². The predicted octanol–water partition coefficient (Wildman–Crippen LogP) is 13.9. The highest BCUT2D eigenvalue weighted by Crippen LogP contribution is 2.47. The fraction of sp³-hybridized carbons (Fsp3) is 0. The number of hydrogen-bond donors (Lipinski definition) is 0. The normalized spacial score (nSPS) is 13.5. The first-order valence-corrected chi connectivity index (χ1v) is 20.2. The van der Waals surface area contributed by atoms with Gasteiger partial charge in [-0.3, -0.25) is 9.59 Å². The van der Waals surface area contributed by atoms with Gasteiger partial charge < -0.3 is 0 Å². The molecule has 0 aromatic heterocycles. The van der Waals surface area contributed by atoms with Crippen molar-refractivity contribution >= 4 is 45.0 Å². The minimum absolute atomic E-state index is 0.0684. The lowest BCUT2D eigenvalue weighted by Crippen LogP contribution is -1.96. The van der Waals surface area contributed by atoms with Crippen molar-refractivity contribution in [2.24, 2.45) is 0 Å². The summed E-state index contributed by atoms with van der Waals surface area (Å²) in [5.41, 5.74) is 17.3. The maximum Gasteiger partial charge on any atom is 0.187 e. The largest absolute Gasteiger partial charge is 0.289 e. The zero-order chi connectivity index (χ0) is 40.7. The summed E-state index contributed by atoms with van der Waals surface area (Å²) in [5, 5.41) is 0. The molecule has 0 aliphatic heterocycles. The lowest BCUT2D eigenvalue weighted by atomic mass is 9.81. The Bertz CT molecular complexity index is 2680. The van der Waals surface area contributed by atoms with Gasteiger partial charge in [0.1, 0.15) is 0 Å². The summed E-state index contributed by atoms with van der Waals surface area (Å²) in [7, 11) is 0. The van der Waals surface area contributed by atoms with Crippen molar-refractivity contribution < 1.29 is 9.59 Å². The number of allylic oxidation sites excluding steroid dienone is 8. The molecule has 11 rings (SSSR count). The van der Waals surface area contributed by atoms with Gasteiger partial charge in [0.15, 0.2) is 11.6 Å². The van der Waals surface area contributed by atoms with E-state index in [1.54, 1.807) is 12.2 Å². The van der Waals surface area contributed by atoms with Crippen molar-refractivity contribution in [3.8, 4) is 22.3 Å². The van der Waals surface area contributed by atoms with Crippen molar-refractivity contribution in [2.75, 3.05) is 0 Å². The summed E-state index contributed by atoms with van der Waals surface area (Å²) in [6.07, 6.45) is 3.53. The Kier molecular flexibility index (Phi) is 10.8. The second-order valence-electron chi connectivity index (χ2n) is 14.6. The molecular weight excluding hydrogens is 729 g/mol. The minimum Gasteiger partial charge on any atom is -0.289 e. The standard InChI is InChI=1S/2C23H16O.C12H8/c2*24-21-16-20(17-10-4-1-5-11-17)22(18-12-6-2-7-13-18)23(21)19-14-8-3-9-15-19;1-2-6-10-9(5-1)11-7-3-4-8-12(10)11/h2*1-16H;1-8H. The Balaban J connectivity index is 0.000000122. The molecule has 0 amide bonds. The van der Waals surface area contributed by atoms with Crippen LogP contribution in [0.3, 0.4) is 0 Å². The summed E-state index contributed by atoms with van der Waals surface area (Å²) in [6.45, 7) is 0. The molecule has 0 spiro atoms. The van der Waals surface area contributed by atoms with E-state index in [0.717, 1.165) is 66.8 Å². The zero-order valence-corrected chi connectivity index (χ0v) is 32.9. The molecule has 0 bridgehead atoms. The number of hydrogen-bond acceptors (Lipinski definition) is 2. The van der Waals surface area contributed by atoms with Crippen LogP contribution in [0.15, 0.2) is 243 Å². The van der Waals surface area contributed by atoms with E-state index in [1.807, 2.05) is 133 Å². The van der Waals surface area contributed by atoms with Crippen LogP contribution in [0.5, 0.6) is 0 Å². The fourth-order valence-electron chi connectivity index (χ4n) is 8.19. The van der Waals surface area contributed by atoms with Crippen LogP contribution in [0, 0.1) is 0 Å². The highest BCUT2D eigenvalue weighted by Gasteiger charge is 2.29. The maximum atomic E-state index is 12.8. The van der Waals surface area contributed by atoms with Crippen LogP contribution in [-0.4, -0.2) is 11.6 Å². The van der Waals surface area contributed by atoms with Crippen LogP contribution >= 0.6 is 0 Å². The van der Waals surface area contributed by atoms with E-state index < -0.39 is 0 Å². The summed E-state index contributed by atoms with van der Waals surface area (Å²) in [5.74, 6) is 0.137. The van der Waals surface area contributed by atoms with Gasteiger partial charge in [-0.1, -0.05) is 231 Å². The highest BCUT2D eigenvalue weighted by atomic mass is 16.1. The third-order valence-corrected chi connectivity index (χ3v) is 10.9. The molecule has 0 saturated heterocycles. The smallest absolute Gasteiger partial charge is 0.187 e. The van der Waals surface area contributed by atoms with E-state index in [4.69, 9.17) is 0 Å². The number of fused-ring (bicyclic) bond motifs is 4. The average molecular weight is 769 g/mol. The van der Waals surface area contributed by atoms with Gasteiger partial charge in [0.05, 0.1) is 0 Å². The average Bonchev–Trinajstić information content (AvgIpc) is 3.87. The maximum absolute atomic E-state index is 12.8. The fourth-order valence-corrected chi connectivity index (χ4v) is 8.19. The second-order valence-corrected chi connectivity index (χ2v) is 14.6. The molecule has 3 aliphatic carbocycles. The minimum atomic E-state index is 0.0684. The van der Waals surface area contributed by atoms with E-state index in [1.165, 1.54) is 22.3 Å². The molecule has 0 fully saturated rings. The molecule has 60 heavy (non-hydrogen) atoms. The van der Waals surface area contributed by atoms with Crippen molar-refractivity contribution in [3.05, 3.63) is 276 Å². The molecular formula is C58H40O2. The van der Waals surface area contributed by atoms with Crippen molar-refractivity contribution in [2.45, 2.75) is 0 Å². The molecule has 8 aromatic rings. The second kappa shape index (κ2) is 17.3. The highest BCUT2D eigenvalue weighted by molar-refractivity contribution is 6.46. The predicted molar refractivity (Wildman–Crippen MR) is 249 cm³/mol. The van der Waals surface area contributed by atoms with E-state index >= 15 is 0 Å². The Hall–Kier alpha value is -7.94. The van der Waals surface area contributed by atoms with Gasteiger partial charge in [-0.05, 0) is 78.9 Å². The van der Waals surface area contributed by atoms with E-state index in [-0.39, 0.29) is 11.6 Å². The molecule has 0 N–H and O–H groups in total. The SMILES string of the molecule is O=C1C=C(c2ccccc2)C(c2ccccc2)=C1c1ccccc1.O=C1C=C(c2ccccc2)C(c2ccccc2)=C1c1ccccc1.c1ccc2c(c1)-c1ccccc1-2. The van der Waals surface area contributed by atoms with Crippen LogP contribution in [-0.2, 0) is 9.59 Å². The third kappa shape index (κ3) is 7.58. The Morgan fingerprint density at radius 2 is 0.400 bits per heavy atom. The lowest BCUT2D eigenvalue weighted by molar-refractivity contribution is -0.110. The number of ketones is 2. The number of carbonyl (C=O) groups excluding carboxylic acids is 2. The van der Waals surface area contributed by atoms with Crippen LogP contribution < -0.4 is 0 Å². The first kappa shape index (κ1) is 37.6. The summed E-state index contributed by atoms with van der Waals surface area (Å²) >= 11 is 0. The van der Waals surface area contributed by atoms with E-state index in [2.05, 4.69) is 97.1 Å². The molecule has 3 aliphatic rings. The first-order valence-electron chi connectivity index (χ1n) is 20.2. The molecule has 0 unspecified atom stereocenters. The lowest BCUT2D eigenvalue weighted by Gasteiger charge is -2.22. The quantitative estimate of drug-likeness (QED) is 0.169. The molecule has 0 atom stereocenters. The Morgan fingerprint density at radius 1 is 0.200 bits per heavy atom. The zero-order valence-electron chi connectivity index (χ0n) is 32.9. The molecule has 0 heterocycles. The molecule has 2 nitrogen and oxygen atoms in total. The van der Waals surface area contributed by atoms with Crippen LogP contribution in [0.2, 0.25) is 0 Å². The molecule has 284 valence electrons. The molecule has 0 saturated carbocycles. The number of benzene rings is 8.